The first kappa shape index (κ1) is 9.27. The van der Waals surface area contributed by atoms with Crippen molar-refractivity contribution in [1.82, 2.24) is 14.4 Å². The van der Waals surface area contributed by atoms with Gasteiger partial charge in [0, 0.05) is 18.5 Å². The molecule has 0 atom stereocenters. The quantitative estimate of drug-likeness (QED) is 0.393. The third-order valence-electron chi connectivity index (χ3n) is 3.64. The molecule has 0 fully saturated rings. The Kier molecular flexibility index (Phi) is 1.46. The van der Waals surface area contributed by atoms with Crippen molar-refractivity contribution in [2.24, 2.45) is 0 Å². The fourth-order valence-electron chi connectivity index (χ4n) is 2.86. The monoisotopic (exact) mass is 249 g/mol. The molecular weight excluding hydrogens is 240 g/mol. The van der Waals surface area contributed by atoms with E-state index in [4.69, 9.17) is 4.42 Å². The lowest BCUT2D eigenvalue weighted by atomic mass is 10.2. The van der Waals surface area contributed by atoms with Crippen molar-refractivity contribution in [2.45, 2.75) is 6.54 Å². The second-order valence-corrected chi connectivity index (χ2v) is 4.70. The average Bonchev–Trinajstić information content (AvgIpc) is 3.04. The maximum Gasteiger partial charge on any atom is 0.336 e. The van der Waals surface area contributed by atoms with Crippen molar-refractivity contribution < 1.29 is 8.98 Å². The van der Waals surface area contributed by atoms with E-state index < -0.39 is 0 Å². The van der Waals surface area contributed by atoms with E-state index in [1.54, 1.807) is 12.4 Å². The van der Waals surface area contributed by atoms with Gasteiger partial charge >= 0.3 is 5.71 Å². The van der Waals surface area contributed by atoms with E-state index in [1.165, 1.54) is 5.56 Å². The lowest BCUT2D eigenvalue weighted by Crippen LogP contribution is -2.29. The molecule has 1 aliphatic rings. The molecule has 0 N–H and O–H groups in total. The van der Waals surface area contributed by atoms with Crippen LogP contribution in [0.2, 0.25) is 0 Å². The molecule has 0 amide bonds. The van der Waals surface area contributed by atoms with Crippen LogP contribution >= 0.6 is 0 Å². The molecule has 0 saturated carbocycles. The van der Waals surface area contributed by atoms with Crippen LogP contribution in [0, 0.1) is 0 Å². The smallest absolute Gasteiger partial charge is 0.336 e. The maximum absolute atomic E-state index is 5.82. The number of hydrogen-bond donors (Lipinski definition) is 0. The van der Waals surface area contributed by atoms with Gasteiger partial charge in [0.05, 0.1) is 17.5 Å². The molecule has 19 heavy (non-hydrogen) atoms. The van der Waals surface area contributed by atoms with Gasteiger partial charge in [-0.2, -0.15) is 4.40 Å². The van der Waals surface area contributed by atoms with E-state index in [0.717, 1.165) is 34.9 Å². The van der Waals surface area contributed by atoms with Gasteiger partial charge in [-0.1, -0.05) is 0 Å². The zero-order valence-corrected chi connectivity index (χ0v) is 9.95. The Morgan fingerprint density at radius 1 is 1.26 bits per heavy atom. The van der Waals surface area contributed by atoms with Crippen molar-refractivity contribution in [3.8, 4) is 11.4 Å². The molecule has 4 aromatic rings. The maximum atomic E-state index is 5.82. The Hall–Kier alpha value is -2.69. The Bertz CT molecular complexity index is 951. The normalized spacial score (nSPS) is 13.1. The highest BCUT2D eigenvalue weighted by Gasteiger charge is 2.33. The van der Waals surface area contributed by atoms with E-state index in [1.807, 2.05) is 24.5 Å². The van der Waals surface area contributed by atoms with E-state index in [2.05, 4.69) is 25.0 Å². The molecule has 1 aliphatic heterocycles. The Balaban J connectivity index is 2.00. The van der Waals surface area contributed by atoms with E-state index in [0.29, 0.717) is 0 Å². The van der Waals surface area contributed by atoms with Gasteiger partial charge in [-0.15, -0.1) is 0 Å². The van der Waals surface area contributed by atoms with Gasteiger partial charge < -0.3 is 4.42 Å². The van der Waals surface area contributed by atoms with Crippen LogP contribution in [0.5, 0.6) is 0 Å². The van der Waals surface area contributed by atoms with Crippen molar-refractivity contribution in [1.29, 1.82) is 0 Å². The molecule has 0 unspecified atom stereocenters. The predicted octanol–water partition coefficient (Wildman–Crippen LogP) is 1.79. The van der Waals surface area contributed by atoms with Crippen molar-refractivity contribution in [3.63, 3.8) is 0 Å². The first-order valence-electron chi connectivity index (χ1n) is 6.13. The highest BCUT2D eigenvalue weighted by molar-refractivity contribution is 5.79. The summed E-state index contributed by atoms with van der Waals surface area (Å²) in [5.74, 6) is 1.13. The summed E-state index contributed by atoms with van der Waals surface area (Å²) in [4.78, 5) is 8.54. The van der Waals surface area contributed by atoms with Gasteiger partial charge in [0.1, 0.15) is 6.54 Å². The molecule has 5 heterocycles. The molecule has 0 aromatic carbocycles. The zero-order valence-electron chi connectivity index (χ0n) is 9.95. The van der Waals surface area contributed by atoms with Gasteiger partial charge in [-0.3, -0.25) is 9.97 Å². The Morgan fingerprint density at radius 2 is 2.26 bits per heavy atom. The fraction of sp³-hybridized carbons (Fsp3) is 0.0714. The first-order valence-corrected chi connectivity index (χ1v) is 6.13. The zero-order chi connectivity index (χ0) is 12.4. The largest absolute Gasteiger partial charge is 0.414 e. The summed E-state index contributed by atoms with van der Waals surface area (Å²) in [7, 11) is 0. The van der Waals surface area contributed by atoms with Crippen LogP contribution in [0.1, 0.15) is 5.69 Å². The number of fused-ring (bicyclic) bond motifs is 7. The molecule has 0 aliphatic carbocycles. The minimum Gasteiger partial charge on any atom is -0.414 e. The molecule has 5 rings (SSSR count). The molecule has 5 nitrogen and oxygen atoms in total. The third-order valence-corrected chi connectivity index (χ3v) is 3.64. The summed E-state index contributed by atoms with van der Waals surface area (Å²) >= 11 is 0. The molecule has 5 heteroatoms. The van der Waals surface area contributed by atoms with Crippen LogP contribution in [0.15, 0.2) is 47.4 Å². The van der Waals surface area contributed by atoms with Crippen LogP contribution in [-0.2, 0) is 6.54 Å². The summed E-state index contributed by atoms with van der Waals surface area (Å²) in [5.41, 5.74) is 4.96. The number of pyridine rings is 2. The predicted molar refractivity (Wildman–Crippen MR) is 67.5 cm³/mol. The first-order chi connectivity index (χ1) is 9.42. The van der Waals surface area contributed by atoms with Crippen molar-refractivity contribution >= 4 is 16.8 Å². The molecule has 0 bridgehead atoms. The van der Waals surface area contributed by atoms with Crippen molar-refractivity contribution in [2.75, 3.05) is 0 Å². The summed E-state index contributed by atoms with van der Waals surface area (Å²) in [6.45, 7) is 0.801. The Morgan fingerprint density at radius 3 is 3.26 bits per heavy atom. The summed E-state index contributed by atoms with van der Waals surface area (Å²) in [6, 6.07) is 6.05. The third kappa shape index (κ3) is 1.03. The summed E-state index contributed by atoms with van der Waals surface area (Å²) in [5, 5.41) is 0. The number of hydrogen-bond acceptors (Lipinski definition) is 3. The Labute approximate surface area is 107 Å². The van der Waals surface area contributed by atoms with Crippen molar-refractivity contribution in [3.05, 3.63) is 48.7 Å². The topological polar surface area (TPSA) is 47.2 Å². The average molecular weight is 249 g/mol. The second-order valence-electron chi connectivity index (χ2n) is 4.70. The molecule has 0 spiro atoms. The highest BCUT2D eigenvalue weighted by Crippen LogP contribution is 2.30. The number of aromatic nitrogens is 4. The second kappa shape index (κ2) is 3.00. The number of imidazole rings is 1. The highest BCUT2D eigenvalue weighted by atomic mass is 16.3. The lowest BCUT2D eigenvalue weighted by molar-refractivity contribution is -0.670. The number of nitrogens with zero attached hydrogens (tertiary/aromatic N) is 4. The molecule has 0 radical (unpaired) electrons. The van der Waals surface area contributed by atoms with Crippen LogP contribution in [-0.4, -0.2) is 14.4 Å². The van der Waals surface area contributed by atoms with E-state index in [9.17, 15) is 0 Å². The van der Waals surface area contributed by atoms with Crippen LogP contribution in [0.4, 0.5) is 0 Å². The molecular formula is C14H9N4O+. The minimum absolute atomic E-state index is 0.801. The number of oxazole rings is 1. The van der Waals surface area contributed by atoms with Crippen LogP contribution < -0.4 is 4.57 Å². The minimum atomic E-state index is 0.801. The van der Waals surface area contributed by atoms with E-state index in [-0.39, 0.29) is 0 Å². The van der Waals surface area contributed by atoms with Gasteiger partial charge in [0.2, 0.25) is 0 Å². The van der Waals surface area contributed by atoms with E-state index >= 15 is 0 Å². The van der Waals surface area contributed by atoms with Gasteiger partial charge in [-0.05, 0) is 12.1 Å². The van der Waals surface area contributed by atoms with Gasteiger partial charge in [-0.25, -0.2) is 4.57 Å². The summed E-state index contributed by atoms with van der Waals surface area (Å²) < 4.78 is 10.1. The molecule has 4 aromatic heterocycles. The fourth-order valence-corrected chi connectivity index (χ4v) is 2.86. The SMILES string of the molecule is c1cnc2c(c1)-c1n3c(c[n+]1C2)oc1cnccc13. The molecule has 0 saturated heterocycles. The summed E-state index contributed by atoms with van der Waals surface area (Å²) in [6.07, 6.45) is 7.40. The molecule has 90 valence electrons. The van der Waals surface area contributed by atoms with Gasteiger partial charge in [0.15, 0.2) is 17.3 Å². The standard InChI is InChI=1S/C14H9N4O/c1-2-9-10(16-4-1)7-17-8-13-18(14(9)17)11-3-5-15-6-12(11)19-13/h1-6,8H,7H2/q+1. The number of rotatable bonds is 0. The van der Waals surface area contributed by atoms with Crippen LogP contribution in [0.25, 0.3) is 28.2 Å². The van der Waals surface area contributed by atoms with Gasteiger partial charge in [0.25, 0.3) is 5.82 Å². The van der Waals surface area contributed by atoms with Crippen LogP contribution in [0.3, 0.4) is 0 Å². The lowest BCUT2D eigenvalue weighted by Gasteiger charge is -1.91.